The van der Waals surface area contributed by atoms with Gasteiger partial charge in [0, 0.05) is 24.0 Å². The summed E-state index contributed by atoms with van der Waals surface area (Å²) in [5, 5.41) is 5.62. The standard InChI is InChI=1S/C16H21N3O2S/c1-11(2)9-15-19-14(10-22-15)16(20)18-12-3-5-13(6-4-12)21-8-7-17/h3-6,10-11H,7-9,17H2,1-2H3,(H,18,20). The van der Waals surface area contributed by atoms with E-state index >= 15 is 0 Å². The lowest BCUT2D eigenvalue weighted by molar-refractivity contribution is 0.102. The van der Waals surface area contributed by atoms with Gasteiger partial charge in [0.15, 0.2) is 0 Å². The molecule has 22 heavy (non-hydrogen) atoms. The van der Waals surface area contributed by atoms with E-state index in [0.29, 0.717) is 30.5 Å². The molecule has 0 aliphatic carbocycles. The van der Waals surface area contributed by atoms with Crippen LogP contribution in [-0.4, -0.2) is 24.0 Å². The summed E-state index contributed by atoms with van der Waals surface area (Å²) in [5.41, 5.74) is 6.55. The molecule has 1 aromatic carbocycles. The van der Waals surface area contributed by atoms with Gasteiger partial charge in [0.05, 0.1) is 5.01 Å². The van der Waals surface area contributed by atoms with E-state index in [9.17, 15) is 4.79 Å². The van der Waals surface area contributed by atoms with E-state index in [1.807, 2.05) is 0 Å². The van der Waals surface area contributed by atoms with E-state index in [1.54, 1.807) is 29.6 Å². The predicted molar refractivity (Wildman–Crippen MR) is 89.6 cm³/mol. The van der Waals surface area contributed by atoms with Crippen LogP contribution in [0.3, 0.4) is 0 Å². The number of anilines is 1. The van der Waals surface area contributed by atoms with Crippen molar-refractivity contribution in [2.45, 2.75) is 20.3 Å². The van der Waals surface area contributed by atoms with Gasteiger partial charge in [-0.2, -0.15) is 0 Å². The maximum absolute atomic E-state index is 12.2. The number of carbonyl (C=O) groups is 1. The SMILES string of the molecule is CC(C)Cc1nc(C(=O)Nc2ccc(OCCN)cc2)cs1. The summed E-state index contributed by atoms with van der Waals surface area (Å²) in [7, 11) is 0. The van der Waals surface area contributed by atoms with E-state index in [1.165, 1.54) is 11.3 Å². The molecule has 0 fully saturated rings. The normalized spacial score (nSPS) is 10.7. The molecule has 2 aromatic rings. The molecular weight excluding hydrogens is 298 g/mol. The molecule has 1 aromatic heterocycles. The lowest BCUT2D eigenvalue weighted by Gasteiger charge is -2.06. The summed E-state index contributed by atoms with van der Waals surface area (Å²) < 4.78 is 5.39. The predicted octanol–water partition coefficient (Wildman–Crippen LogP) is 2.93. The zero-order chi connectivity index (χ0) is 15.9. The molecule has 0 radical (unpaired) electrons. The van der Waals surface area contributed by atoms with Gasteiger partial charge in [-0.3, -0.25) is 4.79 Å². The van der Waals surface area contributed by atoms with E-state index in [0.717, 1.165) is 17.2 Å². The molecule has 0 saturated heterocycles. The van der Waals surface area contributed by atoms with E-state index in [-0.39, 0.29) is 5.91 Å². The zero-order valence-corrected chi connectivity index (χ0v) is 13.7. The number of hydrogen-bond donors (Lipinski definition) is 2. The number of rotatable bonds is 7. The average molecular weight is 319 g/mol. The molecule has 0 atom stereocenters. The second-order valence-corrected chi connectivity index (χ2v) is 6.28. The Kier molecular flexibility index (Phi) is 5.91. The third-order valence-electron chi connectivity index (χ3n) is 2.87. The molecule has 0 spiro atoms. The number of aromatic nitrogens is 1. The van der Waals surface area contributed by atoms with Gasteiger partial charge in [0.25, 0.3) is 5.91 Å². The minimum Gasteiger partial charge on any atom is -0.492 e. The van der Waals surface area contributed by atoms with Crippen molar-refractivity contribution < 1.29 is 9.53 Å². The van der Waals surface area contributed by atoms with Crippen molar-refractivity contribution in [2.75, 3.05) is 18.5 Å². The molecule has 0 bridgehead atoms. The third-order valence-corrected chi connectivity index (χ3v) is 3.74. The number of amides is 1. The van der Waals surface area contributed by atoms with Crippen LogP contribution >= 0.6 is 11.3 Å². The maximum atomic E-state index is 12.2. The van der Waals surface area contributed by atoms with Crippen LogP contribution in [0.1, 0.15) is 29.3 Å². The number of thiazole rings is 1. The molecule has 0 saturated carbocycles. The van der Waals surface area contributed by atoms with Crippen molar-refractivity contribution in [3.63, 3.8) is 0 Å². The van der Waals surface area contributed by atoms with Gasteiger partial charge in [-0.1, -0.05) is 13.8 Å². The minimum absolute atomic E-state index is 0.193. The van der Waals surface area contributed by atoms with Gasteiger partial charge >= 0.3 is 0 Å². The Balaban J connectivity index is 1.95. The summed E-state index contributed by atoms with van der Waals surface area (Å²) in [6.07, 6.45) is 0.894. The summed E-state index contributed by atoms with van der Waals surface area (Å²) in [6, 6.07) is 7.20. The highest BCUT2D eigenvalue weighted by molar-refractivity contribution is 7.09. The fraction of sp³-hybridized carbons (Fsp3) is 0.375. The Morgan fingerprint density at radius 3 is 2.73 bits per heavy atom. The maximum Gasteiger partial charge on any atom is 0.275 e. The first kappa shape index (κ1) is 16.5. The molecule has 2 rings (SSSR count). The fourth-order valence-electron chi connectivity index (χ4n) is 1.86. The van der Waals surface area contributed by atoms with Gasteiger partial charge in [0.1, 0.15) is 18.1 Å². The molecule has 0 aliphatic heterocycles. The number of nitrogens with zero attached hydrogens (tertiary/aromatic N) is 1. The molecule has 6 heteroatoms. The zero-order valence-electron chi connectivity index (χ0n) is 12.8. The molecule has 0 unspecified atom stereocenters. The largest absolute Gasteiger partial charge is 0.492 e. The van der Waals surface area contributed by atoms with Crippen molar-refractivity contribution in [2.24, 2.45) is 11.7 Å². The first-order chi connectivity index (χ1) is 10.6. The van der Waals surface area contributed by atoms with Crippen molar-refractivity contribution in [3.05, 3.63) is 40.3 Å². The van der Waals surface area contributed by atoms with Crippen LogP contribution in [0.4, 0.5) is 5.69 Å². The number of ether oxygens (including phenoxy) is 1. The van der Waals surface area contributed by atoms with Crippen LogP contribution in [0.5, 0.6) is 5.75 Å². The van der Waals surface area contributed by atoms with Crippen molar-refractivity contribution in [1.82, 2.24) is 4.98 Å². The molecule has 0 aliphatic rings. The van der Waals surface area contributed by atoms with Gasteiger partial charge < -0.3 is 15.8 Å². The Bertz CT molecular complexity index is 608. The van der Waals surface area contributed by atoms with Crippen LogP contribution in [0.2, 0.25) is 0 Å². The number of hydrogen-bond acceptors (Lipinski definition) is 5. The second kappa shape index (κ2) is 7.91. The number of nitrogens with one attached hydrogen (secondary N) is 1. The number of nitrogens with two attached hydrogens (primary N) is 1. The smallest absolute Gasteiger partial charge is 0.275 e. The van der Waals surface area contributed by atoms with Crippen LogP contribution in [0.25, 0.3) is 0 Å². The quantitative estimate of drug-likeness (QED) is 0.822. The molecule has 3 N–H and O–H groups in total. The Morgan fingerprint density at radius 2 is 2.09 bits per heavy atom. The van der Waals surface area contributed by atoms with Crippen LogP contribution in [-0.2, 0) is 6.42 Å². The first-order valence-corrected chi connectivity index (χ1v) is 8.15. The summed E-state index contributed by atoms with van der Waals surface area (Å²) in [6.45, 7) is 5.22. The fourth-order valence-corrected chi connectivity index (χ4v) is 2.85. The van der Waals surface area contributed by atoms with Gasteiger partial charge in [-0.15, -0.1) is 11.3 Å². The number of benzene rings is 1. The summed E-state index contributed by atoms with van der Waals surface area (Å²) in [4.78, 5) is 16.5. The monoisotopic (exact) mass is 319 g/mol. The summed E-state index contributed by atoms with van der Waals surface area (Å²) >= 11 is 1.52. The second-order valence-electron chi connectivity index (χ2n) is 5.34. The highest BCUT2D eigenvalue weighted by Gasteiger charge is 2.11. The topological polar surface area (TPSA) is 77.2 Å². The summed E-state index contributed by atoms with van der Waals surface area (Å²) in [5.74, 6) is 1.07. The first-order valence-electron chi connectivity index (χ1n) is 7.27. The minimum atomic E-state index is -0.193. The Labute approximate surface area is 134 Å². The molecular formula is C16H21N3O2S. The van der Waals surface area contributed by atoms with E-state index < -0.39 is 0 Å². The lowest BCUT2D eigenvalue weighted by atomic mass is 10.1. The molecule has 1 amide bonds. The molecule has 5 nitrogen and oxygen atoms in total. The third kappa shape index (κ3) is 4.82. The Morgan fingerprint density at radius 1 is 1.36 bits per heavy atom. The van der Waals surface area contributed by atoms with Crippen LogP contribution < -0.4 is 15.8 Å². The highest BCUT2D eigenvalue weighted by atomic mass is 32.1. The van der Waals surface area contributed by atoms with Gasteiger partial charge in [-0.25, -0.2) is 4.98 Å². The van der Waals surface area contributed by atoms with E-state index in [4.69, 9.17) is 10.5 Å². The van der Waals surface area contributed by atoms with Crippen molar-refractivity contribution in [3.8, 4) is 5.75 Å². The van der Waals surface area contributed by atoms with Crippen LogP contribution in [0, 0.1) is 5.92 Å². The van der Waals surface area contributed by atoms with Crippen molar-refractivity contribution in [1.29, 1.82) is 0 Å². The Hall–Kier alpha value is -1.92. The average Bonchev–Trinajstić information content (AvgIpc) is 2.94. The molecule has 1 heterocycles. The van der Waals surface area contributed by atoms with Crippen molar-refractivity contribution >= 4 is 22.9 Å². The van der Waals surface area contributed by atoms with Gasteiger partial charge in [-0.05, 0) is 30.2 Å². The van der Waals surface area contributed by atoms with Crippen LogP contribution in [0.15, 0.2) is 29.6 Å². The molecule has 118 valence electrons. The number of carbonyl (C=O) groups excluding carboxylic acids is 1. The van der Waals surface area contributed by atoms with Gasteiger partial charge in [0.2, 0.25) is 0 Å². The van der Waals surface area contributed by atoms with E-state index in [2.05, 4.69) is 24.1 Å². The lowest BCUT2D eigenvalue weighted by Crippen LogP contribution is -2.13. The highest BCUT2D eigenvalue weighted by Crippen LogP contribution is 2.18.